The number of halogens is 4. The van der Waals surface area contributed by atoms with Crippen molar-refractivity contribution < 1.29 is 42.4 Å². The van der Waals surface area contributed by atoms with Crippen LogP contribution in [0.4, 0.5) is 13.2 Å². The van der Waals surface area contributed by atoms with E-state index in [-0.39, 0.29) is 47.7 Å². The van der Waals surface area contributed by atoms with E-state index in [0.29, 0.717) is 29.8 Å². The van der Waals surface area contributed by atoms with Gasteiger partial charge in [-0.3, -0.25) is 4.79 Å². The molecule has 4 rings (SSSR count). The highest BCUT2D eigenvalue weighted by molar-refractivity contribution is 6.12. The van der Waals surface area contributed by atoms with Crippen LogP contribution in [0.2, 0.25) is 0 Å². The molecule has 7 nitrogen and oxygen atoms in total. The van der Waals surface area contributed by atoms with Crippen LogP contribution in [0.15, 0.2) is 97.1 Å². The van der Waals surface area contributed by atoms with E-state index in [0.717, 1.165) is 12.1 Å². The molecule has 0 aliphatic rings. The van der Waals surface area contributed by atoms with E-state index in [1.165, 1.54) is 37.4 Å². The summed E-state index contributed by atoms with van der Waals surface area (Å²) in [6.07, 6.45) is -3.88. The van der Waals surface area contributed by atoms with Gasteiger partial charge in [0.1, 0.15) is 23.9 Å². The third-order valence-electron chi connectivity index (χ3n) is 6.23. The molecule has 0 aliphatic carbocycles. The molecule has 1 atom stereocenters. The highest BCUT2D eigenvalue weighted by Crippen LogP contribution is 2.30. The Morgan fingerprint density at radius 2 is 1.50 bits per heavy atom. The molecule has 0 aromatic heterocycles. The molecule has 0 heterocycles. The van der Waals surface area contributed by atoms with Gasteiger partial charge in [0.25, 0.3) is 0 Å². The average Bonchev–Trinajstić information content (AvgIpc) is 2.99. The van der Waals surface area contributed by atoms with Crippen molar-refractivity contribution in [3.05, 3.63) is 125 Å². The van der Waals surface area contributed by atoms with E-state index >= 15 is 0 Å². The van der Waals surface area contributed by atoms with Crippen molar-refractivity contribution in [2.75, 3.05) is 20.3 Å². The van der Waals surface area contributed by atoms with Gasteiger partial charge in [0.15, 0.2) is 5.78 Å². The van der Waals surface area contributed by atoms with Gasteiger partial charge in [-0.1, -0.05) is 48.5 Å². The van der Waals surface area contributed by atoms with Crippen molar-refractivity contribution in [3.8, 4) is 17.2 Å². The third-order valence-corrected chi connectivity index (χ3v) is 6.23. The lowest BCUT2D eigenvalue weighted by Crippen LogP contribution is -2.31. The Morgan fingerprint density at radius 1 is 0.841 bits per heavy atom. The highest BCUT2D eigenvalue weighted by atomic mass is 35.5. The van der Waals surface area contributed by atoms with Crippen LogP contribution >= 0.6 is 12.4 Å². The largest absolute Gasteiger partial charge is 0.507 e. The molecule has 0 bridgehead atoms. The van der Waals surface area contributed by atoms with Gasteiger partial charge in [-0.2, -0.15) is 13.2 Å². The van der Waals surface area contributed by atoms with Gasteiger partial charge in [-0.05, 0) is 61.4 Å². The molecule has 0 saturated heterocycles. The van der Waals surface area contributed by atoms with E-state index in [4.69, 9.17) is 9.47 Å². The molecule has 0 saturated carbocycles. The van der Waals surface area contributed by atoms with Crippen molar-refractivity contribution in [3.63, 3.8) is 0 Å². The molecule has 4 aromatic carbocycles. The van der Waals surface area contributed by atoms with Crippen molar-refractivity contribution in [2.45, 2.75) is 25.6 Å². The minimum atomic E-state index is -4.34. The molecular weight excluding hydrogens is 599 g/mol. The maximum absolute atomic E-state index is 12.7. The van der Waals surface area contributed by atoms with E-state index < -0.39 is 23.5 Å². The van der Waals surface area contributed by atoms with Crippen LogP contribution in [-0.2, 0) is 17.3 Å². The molecule has 0 amide bonds. The number of esters is 1. The van der Waals surface area contributed by atoms with E-state index in [1.54, 1.807) is 48.5 Å². The summed E-state index contributed by atoms with van der Waals surface area (Å²) in [7, 11) is 1.47. The van der Waals surface area contributed by atoms with E-state index in [1.807, 2.05) is 13.0 Å². The Labute approximate surface area is 259 Å². The summed E-state index contributed by atoms with van der Waals surface area (Å²) in [4.78, 5) is 23.9. The number of alkyl halides is 3. The minimum Gasteiger partial charge on any atom is -0.507 e. The zero-order chi connectivity index (χ0) is 31.4. The van der Waals surface area contributed by atoms with Gasteiger partial charge in [0, 0.05) is 18.7 Å². The number of ether oxygens (including phenoxy) is 2. The minimum absolute atomic E-state index is 0. The summed E-state index contributed by atoms with van der Waals surface area (Å²) >= 11 is 0. The lowest BCUT2D eigenvalue weighted by atomic mass is 10.0. The molecule has 3 N–H and O–H groups in total. The summed E-state index contributed by atoms with van der Waals surface area (Å²) in [6, 6.07) is 24.5. The van der Waals surface area contributed by atoms with Crippen LogP contribution in [0.1, 0.15) is 44.3 Å². The highest BCUT2D eigenvalue weighted by Gasteiger charge is 2.30. The number of rotatable bonds is 10. The Hall–Kier alpha value is -4.54. The molecule has 0 radical (unpaired) electrons. The zero-order valence-electron chi connectivity index (χ0n) is 24.0. The first-order valence-corrected chi connectivity index (χ1v) is 13.3. The Balaban J connectivity index is 0.000000315. The van der Waals surface area contributed by atoms with Crippen LogP contribution < -0.4 is 10.1 Å². The second-order valence-electron chi connectivity index (χ2n) is 9.49. The number of ketones is 1. The average molecular weight is 632 g/mol. The van der Waals surface area contributed by atoms with Crippen LogP contribution in [0.5, 0.6) is 17.2 Å². The van der Waals surface area contributed by atoms with Gasteiger partial charge in [-0.15, -0.1) is 12.4 Å². The fraction of sp³-hybridized carbons (Fsp3) is 0.212. The number of nitrogens with one attached hydrogen (secondary N) is 1. The topological polar surface area (TPSA) is 105 Å². The maximum Gasteiger partial charge on any atom is 0.416 e. The normalized spacial score (nSPS) is 11.3. The first kappa shape index (κ1) is 35.7. The summed E-state index contributed by atoms with van der Waals surface area (Å²) in [5, 5.41) is 22.5. The number of para-hydroxylation sites is 1. The van der Waals surface area contributed by atoms with Crippen molar-refractivity contribution in [1.29, 1.82) is 0 Å². The molecule has 0 fully saturated rings. The number of phenolic OH excluding ortho intramolecular Hbond substituents is 2. The second kappa shape index (κ2) is 16.9. The summed E-state index contributed by atoms with van der Waals surface area (Å²) < 4.78 is 48.2. The number of carbonyl (C=O) groups excluding carboxylic acids is 2. The van der Waals surface area contributed by atoms with Crippen molar-refractivity contribution in [1.82, 2.24) is 5.32 Å². The number of aromatic hydroxyl groups is 2. The zero-order valence-corrected chi connectivity index (χ0v) is 24.8. The Bertz CT molecular complexity index is 1520. The molecule has 11 heteroatoms. The Morgan fingerprint density at radius 3 is 2.14 bits per heavy atom. The summed E-state index contributed by atoms with van der Waals surface area (Å²) in [5.41, 5.74) is 0.722. The van der Waals surface area contributed by atoms with Gasteiger partial charge in [0.2, 0.25) is 0 Å². The van der Waals surface area contributed by atoms with Crippen molar-refractivity contribution >= 4 is 24.2 Å². The monoisotopic (exact) mass is 631 g/mol. The van der Waals surface area contributed by atoms with E-state index in [2.05, 4.69) is 5.32 Å². The van der Waals surface area contributed by atoms with Crippen molar-refractivity contribution in [2.24, 2.45) is 0 Å². The fourth-order valence-corrected chi connectivity index (χ4v) is 4.05. The van der Waals surface area contributed by atoms with Crippen LogP contribution in [0.3, 0.4) is 0 Å². The number of hydrogen-bond acceptors (Lipinski definition) is 7. The smallest absolute Gasteiger partial charge is 0.416 e. The van der Waals surface area contributed by atoms with Gasteiger partial charge >= 0.3 is 12.1 Å². The first-order valence-electron chi connectivity index (χ1n) is 13.3. The lowest BCUT2D eigenvalue weighted by molar-refractivity contribution is -0.137. The number of hydrogen-bond donors (Lipinski definition) is 3. The quantitative estimate of drug-likeness (QED) is 0.1000. The third kappa shape index (κ3) is 10.6. The molecule has 4 aromatic rings. The van der Waals surface area contributed by atoms with Crippen LogP contribution in [0.25, 0.3) is 0 Å². The summed E-state index contributed by atoms with van der Waals surface area (Å²) in [5.74, 6) is -0.664. The molecule has 1 unspecified atom stereocenters. The maximum atomic E-state index is 12.7. The molecule has 0 aliphatic heterocycles. The van der Waals surface area contributed by atoms with Gasteiger partial charge in [0.05, 0.1) is 29.4 Å². The number of phenols is 2. The fourth-order valence-electron chi connectivity index (χ4n) is 4.05. The number of carbonyl (C=O) groups is 2. The van der Waals surface area contributed by atoms with Gasteiger partial charge in [-0.25, -0.2) is 4.79 Å². The molecule has 0 spiro atoms. The molecule has 234 valence electrons. The SMILES string of the molecule is CC(Cc1cccc(C(F)(F)F)c1)NCCOC(=O)c1ccccc1.COc1ccc(C(=O)c2ccccc2O)c(O)c1.Cl. The van der Waals surface area contributed by atoms with E-state index in [9.17, 15) is 33.0 Å². The first-order chi connectivity index (χ1) is 20.5. The van der Waals surface area contributed by atoms with Crippen LogP contribution in [-0.4, -0.2) is 48.3 Å². The van der Waals surface area contributed by atoms with Gasteiger partial charge < -0.3 is 25.0 Å². The Kier molecular flexibility index (Phi) is 13.7. The molecule has 44 heavy (non-hydrogen) atoms. The predicted molar refractivity (Wildman–Crippen MR) is 163 cm³/mol. The standard InChI is InChI=1S/C19H20F3NO2.C14H12O4.ClH/c1-14(12-15-6-5-9-17(13-15)19(20,21)22)23-10-11-25-18(24)16-7-3-2-4-8-16;1-18-9-6-7-11(13(16)8-9)14(17)10-4-2-3-5-12(10)15;/h2-9,13-14,23H,10-12H2,1H3;2-8,15-16H,1H3;1H. The molecular formula is C33H33ClF3NO6. The van der Waals surface area contributed by atoms with Crippen LogP contribution in [0, 0.1) is 0 Å². The second-order valence-corrected chi connectivity index (χ2v) is 9.49. The summed E-state index contributed by atoms with van der Waals surface area (Å²) in [6.45, 7) is 2.50. The number of benzene rings is 4. The number of methoxy groups -OCH3 is 1. The predicted octanol–water partition coefficient (Wildman–Crippen LogP) is 6.84. The lowest BCUT2D eigenvalue weighted by Gasteiger charge is -2.15.